The number of aryl methyl sites for hydroxylation is 3. The number of amides is 1. The maximum atomic E-state index is 12.5. The molecule has 29 heavy (non-hydrogen) atoms. The maximum absolute atomic E-state index is 12.5. The number of esters is 2. The Balaban J connectivity index is 1.81. The highest BCUT2D eigenvalue weighted by Crippen LogP contribution is 2.45. The lowest BCUT2D eigenvalue weighted by Gasteiger charge is -2.13. The normalized spacial score (nSPS) is 14.8. The van der Waals surface area contributed by atoms with Gasteiger partial charge in [-0.3, -0.25) is 9.59 Å². The number of methoxy groups -OCH3 is 2. The van der Waals surface area contributed by atoms with Crippen LogP contribution in [0.5, 0.6) is 5.75 Å². The molecule has 1 heterocycles. The Morgan fingerprint density at radius 1 is 1.14 bits per heavy atom. The summed E-state index contributed by atoms with van der Waals surface area (Å²) in [6.07, 6.45) is 1.21. The molecule has 0 aliphatic heterocycles. The lowest BCUT2D eigenvalue weighted by molar-refractivity contribution is -0.142. The van der Waals surface area contributed by atoms with Crippen molar-refractivity contribution in [1.29, 1.82) is 0 Å². The standard InChI is InChI=1S/C21H23NO6S/c1-11-6-5-7-12(2)18(11)28-10-15(23)22-19-17(21(25)27-4)16-13(20(24)26-3)8-9-14(16)29-19/h5-7,13H,8-10H2,1-4H3,(H,22,23). The van der Waals surface area contributed by atoms with Crippen LogP contribution in [0.2, 0.25) is 0 Å². The van der Waals surface area contributed by atoms with Crippen molar-refractivity contribution < 1.29 is 28.6 Å². The van der Waals surface area contributed by atoms with Crippen LogP contribution in [0.3, 0.4) is 0 Å². The van der Waals surface area contributed by atoms with Crippen molar-refractivity contribution in [3.8, 4) is 5.75 Å². The van der Waals surface area contributed by atoms with Gasteiger partial charge in [0.2, 0.25) is 0 Å². The average molecular weight is 417 g/mol. The lowest BCUT2D eigenvalue weighted by Crippen LogP contribution is -2.22. The predicted molar refractivity (Wildman–Crippen MR) is 109 cm³/mol. The Bertz CT molecular complexity index is 944. The van der Waals surface area contributed by atoms with Crippen LogP contribution in [0.1, 0.15) is 44.3 Å². The molecule has 3 rings (SSSR count). The van der Waals surface area contributed by atoms with Crippen LogP contribution in [0.25, 0.3) is 0 Å². The molecule has 1 aliphatic carbocycles. The number of benzene rings is 1. The third-order valence-corrected chi connectivity index (χ3v) is 6.10. The minimum Gasteiger partial charge on any atom is -0.483 e. The van der Waals surface area contributed by atoms with E-state index in [0.717, 1.165) is 16.0 Å². The number of ether oxygens (including phenoxy) is 3. The number of anilines is 1. The summed E-state index contributed by atoms with van der Waals surface area (Å²) in [5.41, 5.74) is 2.69. The molecule has 2 aromatic rings. The van der Waals surface area contributed by atoms with Crippen molar-refractivity contribution in [3.63, 3.8) is 0 Å². The molecule has 1 aromatic heterocycles. The number of carbonyl (C=O) groups excluding carboxylic acids is 3. The van der Waals surface area contributed by atoms with Crippen molar-refractivity contribution in [2.24, 2.45) is 0 Å². The average Bonchev–Trinajstić information content (AvgIpc) is 3.25. The second-order valence-electron chi connectivity index (χ2n) is 6.81. The van der Waals surface area contributed by atoms with Crippen molar-refractivity contribution in [3.05, 3.63) is 45.3 Å². The van der Waals surface area contributed by atoms with Crippen molar-refractivity contribution in [2.45, 2.75) is 32.6 Å². The number of rotatable bonds is 6. The van der Waals surface area contributed by atoms with Gasteiger partial charge in [0, 0.05) is 4.88 Å². The van der Waals surface area contributed by atoms with Gasteiger partial charge in [-0.15, -0.1) is 11.3 Å². The van der Waals surface area contributed by atoms with E-state index in [0.29, 0.717) is 29.2 Å². The summed E-state index contributed by atoms with van der Waals surface area (Å²) in [4.78, 5) is 37.9. The summed E-state index contributed by atoms with van der Waals surface area (Å²) >= 11 is 1.28. The first-order valence-corrected chi connectivity index (χ1v) is 9.99. The van der Waals surface area contributed by atoms with Crippen LogP contribution in [0.15, 0.2) is 18.2 Å². The molecule has 1 N–H and O–H groups in total. The molecule has 0 spiro atoms. The Morgan fingerprint density at radius 2 is 1.83 bits per heavy atom. The van der Waals surface area contributed by atoms with Crippen molar-refractivity contribution in [2.75, 3.05) is 26.1 Å². The Labute approximate surface area is 173 Å². The summed E-state index contributed by atoms with van der Waals surface area (Å²) in [6, 6.07) is 5.74. The molecule has 0 saturated carbocycles. The molecule has 1 amide bonds. The number of para-hydroxylation sites is 1. The van der Waals surface area contributed by atoms with E-state index < -0.39 is 23.8 Å². The van der Waals surface area contributed by atoms with Crippen molar-refractivity contribution in [1.82, 2.24) is 0 Å². The van der Waals surface area contributed by atoms with Gasteiger partial charge in [-0.25, -0.2) is 4.79 Å². The predicted octanol–water partition coefficient (Wildman–Crippen LogP) is 3.37. The molecular weight excluding hydrogens is 394 g/mol. The highest BCUT2D eigenvalue weighted by atomic mass is 32.1. The molecule has 1 aliphatic rings. The molecule has 7 nitrogen and oxygen atoms in total. The van der Waals surface area contributed by atoms with Gasteiger partial charge < -0.3 is 19.5 Å². The van der Waals surface area contributed by atoms with E-state index in [-0.39, 0.29) is 12.2 Å². The molecule has 154 valence electrons. The van der Waals surface area contributed by atoms with Crippen molar-refractivity contribution >= 4 is 34.2 Å². The smallest absolute Gasteiger partial charge is 0.341 e. The quantitative estimate of drug-likeness (QED) is 0.725. The van der Waals surface area contributed by atoms with E-state index in [9.17, 15) is 14.4 Å². The van der Waals surface area contributed by atoms with Gasteiger partial charge >= 0.3 is 11.9 Å². The third kappa shape index (κ3) is 4.12. The number of thiophene rings is 1. The molecule has 1 atom stereocenters. The molecule has 0 fully saturated rings. The minimum absolute atomic E-state index is 0.199. The van der Waals surface area contributed by atoms with Crippen LogP contribution < -0.4 is 10.1 Å². The van der Waals surface area contributed by atoms with E-state index in [1.165, 1.54) is 25.6 Å². The molecule has 0 radical (unpaired) electrons. The molecule has 0 bridgehead atoms. The largest absolute Gasteiger partial charge is 0.483 e. The van der Waals surface area contributed by atoms with Crippen LogP contribution in [-0.2, 0) is 25.5 Å². The highest BCUT2D eigenvalue weighted by Gasteiger charge is 2.38. The van der Waals surface area contributed by atoms with Gasteiger partial charge in [-0.2, -0.15) is 0 Å². The number of fused-ring (bicyclic) bond motifs is 1. The van der Waals surface area contributed by atoms with Gasteiger partial charge in [0.15, 0.2) is 6.61 Å². The fraction of sp³-hybridized carbons (Fsp3) is 0.381. The second kappa shape index (κ2) is 8.65. The fourth-order valence-electron chi connectivity index (χ4n) is 3.56. The van der Waals surface area contributed by atoms with Gasteiger partial charge in [0.25, 0.3) is 5.91 Å². The second-order valence-corrected chi connectivity index (χ2v) is 7.91. The number of carbonyl (C=O) groups is 3. The van der Waals surface area contributed by atoms with Crippen LogP contribution in [0.4, 0.5) is 5.00 Å². The maximum Gasteiger partial charge on any atom is 0.341 e. The van der Waals surface area contributed by atoms with Gasteiger partial charge in [-0.1, -0.05) is 18.2 Å². The van der Waals surface area contributed by atoms with Gasteiger partial charge in [0.1, 0.15) is 10.8 Å². The third-order valence-electron chi connectivity index (χ3n) is 4.92. The van der Waals surface area contributed by atoms with E-state index >= 15 is 0 Å². The molecule has 1 unspecified atom stereocenters. The number of hydrogen-bond acceptors (Lipinski definition) is 7. The van der Waals surface area contributed by atoms with E-state index in [4.69, 9.17) is 14.2 Å². The Morgan fingerprint density at radius 3 is 2.45 bits per heavy atom. The zero-order valence-electron chi connectivity index (χ0n) is 16.8. The lowest BCUT2D eigenvalue weighted by atomic mass is 9.99. The SMILES string of the molecule is COC(=O)c1c(NC(=O)COc2c(C)cccc2C)sc2c1C(C(=O)OC)CC2. The zero-order valence-corrected chi connectivity index (χ0v) is 17.6. The van der Waals surface area contributed by atoms with E-state index in [2.05, 4.69) is 5.32 Å². The zero-order chi connectivity index (χ0) is 21.1. The van der Waals surface area contributed by atoms with Crippen LogP contribution >= 0.6 is 11.3 Å². The van der Waals surface area contributed by atoms with E-state index in [1.54, 1.807) is 0 Å². The van der Waals surface area contributed by atoms with Crippen LogP contribution in [-0.4, -0.2) is 38.7 Å². The minimum atomic E-state index is -0.593. The summed E-state index contributed by atoms with van der Waals surface area (Å²) in [5.74, 6) is -1.26. The van der Waals surface area contributed by atoms with E-state index in [1.807, 2.05) is 32.0 Å². The molecule has 0 saturated heterocycles. The first kappa shape index (κ1) is 20.9. The summed E-state index contributed by atoms with van der Waals surface area (Å²) < 4.78 is 15.4. The first-order valence-electron chi connectivity index (χ1n) is 9.17. The molecule has 1 aromatic carbocycles. The first-order chi connectivity index (χ1) is 13.9. The molecular formula is C21H23NO6S. The highest BCUT2D eigenvalue weighted by molar-refractivity contribution is 7.17. The monoisotopic (exact) mass is 417 g/mol. The Hall–Kier alpha value is -2.87. The van der Waals surface area contributed by atoms with Gasteiger partial charge in [-0.05, 0) is 43.4 Å². The summed E-state index contributed by atoms with van der Waals surface area (Å²) in [6.45, 7) is 3.62. The van der Waals surface area contributed by atoms with Crippen LogP contribution in [0, 0.1) is 13.8 Å². The Kier molecular flexibility index (Phi) is 6.22. The van der Waals surface area contributed by atoms with Gasteiger partial charge in [0.05, 0.1) is 25.7 Å². The topological polar surface area (TPSA) is 90.9 Å². The number of hydrogen-bond donors (Lipinski definition) is 1. The molecule has 8 heteroatoms. The fourth-order valence-corrected chi connectivity index (χ4v) is 4.84. The number of nitrogens with one attached hydrogen (secondary N) is 1. The summed E-state index contributed by atoms with van der Waals surface area (Å²) in [7, 11) is 2.59. The summed E-state index contributed by atoms with van der Waals surface area (Å²) in [5, 5.41) is 3.11.